The van der Waals surface area contributed by atoms with E-state index in [0.717, 1.165) is 18.7 Å². The Morgan fingerprint density at radius 1 is 1.21 bits per heavy atom. The molecule has 0 fully saturated rings. The highest BCUT2D eigenvalue weighted by Crippen LogP contribution is 2.13. The lowest BCUT2D eigenvalue weighted by Crippen LogP contribution is -2.10. The summed E-state index contributed by atoms with van der Waals surface area (Å²) < 4.78 is 0. The third-order valence-corrected chi connectivity index (χ3v) is 2.32. The fourth-order valence-electron chi connectivity index (χ4n) is 1.52. The van der Waals surface area contributed by atoms with Crippen molar-refractivity contribution >= 4 is 10.8 Å². The first kappa shape index (κ1) is 9.16. The second-order valence-electron chi connectivity index (χ2n) is 3.38. The monoisotopic (exact) mass is 186 g/mol. The van der Waals surface area contributed by atoms with Crippen LogP contribution in [0.2, 0.25) is 0 Å². The Labute approximate surface area is 84.0 Å². The first-order chi connectivity index (χ1) is 6.90. The van der Waals surface area contributed by atoms with Crippen molar-refractivity contribution in [2.45, 2.75) is 6.42 Å². The van der Waals surface area contributed by atoms with Gasteiger partial charge in [-0.2, -0.15) is 0 Å². The average Bonchev–Trinajstić information content (AvgIpc) is 2.26. The summed E-state index contributed by atoms with van der Waals surface area (Å²) in [4.78, 5) is 4.40. The van der Waals surface area contributed by atoms with E-state index in [2.05, 4.69) is 34.6 Å². The van der Waals surface area contributed by atoms with Crippen LogP contribution in [0, 0.1) is 0 Å². The molecule has 14 heavy (non-hydrogen) atoms. The maximum Gasteiger partial charge on any atom is 0.0422 e. The van der Waals surface area contributed by atoms with E-state index in [-0.39, 0.29) is 0 Å². The van der Waals surface area contributed by atoms with E-state index in [1.54, 1.807) is 0 Å². The van der Waals surface area contributed by atoms with Crippen molar-refractivity contribution in [3.05, 3.63) is 42.2 Å². The molecule has 2 nitrogen and oxygen atoms in total. The Balaban J connectivity index is 2.32. The molecular formula is C12H14N2. The summed E-state index contributed by atoms with van der Waals surface area (Å²) in [6.45, 7) is 0.978. The maximum atomic E-state index is 4.40. The van der Waals surface area contributed by atoms with Crippen LogP contribution in [0.3, 0.4) is 0 Å². The Bertz CT molecular complexity index is 423. The lowest BCUT2D eigenvalue weighted by molar-refractivity contribution is 0.778. The minimum absolute atomic E-state index is 0.978. The van der Waals surface area contributed by atoms with Crippen molar-refractivity contribution in [2.24, 2.45) is 0 Å². The van der Waals surface area contributed by atoms with Crippen LogP contribution in [0.15, 0.2) is 36.5 Å². The van der Waals surface area contributed by atoms with Gasteiger partial charge in [-0.3, -0.25) is 4.98 Å². The topological polar surface area (TPSA) is 24.9 Å². The van der Waals surface area contributed by atoms with Crippen LogP contribution in [-0.2, 0) is 6.42 Å². The Morgan fingerprint density at radius 3 is 2.79 bits per heavy atom. The molecular weight excluding hydrogens is 172 g/mol. The van der Waals surface area contributed by atoms with Gasteiger partial charge in [-0.1, -0.05) is 24.3 Å². The Morgan fingerprint density at radius 2 is 2.00 bits per heavy atom. The van der Waals surface area contributed by atoms with Gasteiger partial charge in [-0.25, -0.2) is 0 Å². The van der Waals surface area contributed by atoms with E-state index in [4.69, 9.17) is 0 Å². The van der Waals surface area contributed by atoms with Crippen molar-refractivity contribution in [3.8, 4) is 0 Å². The molecule has 0 atom stereocenters. The maximum absolute atomic E-state index is 4.40. The molecule has 1 aromatic carbocycles. The number of fused-ring (bicyclic) bond motifs is 1. The molecule has 1 aromatic heterocycles. The molecule has 72 valence electrons. The van der Waals surface area contributed by atoms with Gasteiger partial charge in [-0.05, 0) is 18.5 Å². The summed E-state index contributed by atoms with van der Waals surface area (Å²) in [7, 11) is 1.96. The number of likely N-dealkylation sites (N-methyl/N-ethyl adjacent to an activating group) is 1. The van der Waals surface area contributed by atoms with Crippen molar-refractivity contribution in [1.29, 1.82) is 0 Å². The summed E-state index contributed by atoms with van der Waals surface area (Å²) in [6, 6.07) is 10.5. The molecule has 0 saturated carbocycles. The van der Waals surface area contributed by atoms with E-state index >= 15 is 0 Å². The molecule has 0 unspecified atom stereocenters. The SMILES string of the molecule is CNCCc1cc2ccccc2cn1. The van der Waals surface area contributed by atoms with E-state index < -0.39 is 0 Å². The first-order valence-corrected chi connectivity index (χ1v) is 4.88. The largest absolute Gasteiger partial charge is 0.319 e. The number of benzene rings is 1. The number of hydrogen-bond donors (Lipinski definition) is 1. The lowest BCUT2D eigenvalue weighted by atomic mass is 10.1. The Hall–Kier alpha value is -1.41. The summed E-state index contributed by atoms with van der Waals surface area (Å²) in [5.41, 5.74) is 1.15. The van der Waals surface area contributed by atoms with Crippen LogP contribution in [0.25, 0.3) is 10.8 Å². The molecule has 0 aliphatic heterocycles. The van der Waals surface area contributed by atoms with Gasteiger partial charge in [0.2, 0.25) is 0 Å². The number of rotatable bonds is 3. The molecule has 1 N–H and O–H groups in total. The second-order valence-corrected chi connectivity index (χ2v) is 3.38. The van der Waals surface area contributed by atoms with Gasteiger partial charge < -0.3 is 5.32 Å². The zero-order valence-electron chi connectivity index (χ0n) is 8.33. The third kappa shape index (κ3) is 1.91. The molecule has 0 aliphatic carbocycles. The zero-order chi connectivity index (χ0) is 9.80. The molecule has 0 aliphatic rings. The van der Waals surface area contributed by atoms with Crippen molar-refractivity contribution in [2.75, 3.05) is 13.6 Å². The van der Waals surface area contributed by atoms with Gasteiger partial charge >= 0.3 is 0 Å². The molecule has 0 saturated heterocycles. The minimum atomic E-state index is 0.978. The lowest BCUT2D eigenvalue weighted by Gasteiger charge is -2.01. The highest BCUT2D eigenvalue weighted by molar-refractivity contribution is 5.81. The molecule has 2 heteroatoms. The summed E-state index contributed by atoms with van der Waals surface area (Å²) in [6.07, 6.45) is 2.93. The Kier molecular flexibility index (Phi) is 2.75. The van der Waals surface area contributed by atoms with Crippen LogP contribution in [0.4, 0.5) is 0 Å². The van der Waals surface area contributed by atoms with Crippen LogP contribution in [0.1, 0.15) is 5.69 Å². The first-order valence-electron chi connectivity index (χ1n) is 4.88. The highest BCUT2D eigenvalue weighted by atomic mass is 14.8. The number of nitrogens with zero attached hydrogens (tertiary/aromatic N) is 1. The van der Waals surface area contributed by atoms with Crippen molar-refractivity contribution in [1.82, 2.24) is 10.3 Å². The standard InChI is InChI=1S/C12H14N2/c1-13-7-6-12-8-10-4-2-3-5-11(10)9-14-12/h2-5,8-9,13H,6-7H2,1H3. The normalized spacial score (nSPS) is 10.6. The minimum Gasteiger partial charge on any atom is -0.319 e. The van der Waals surface area contributed by atoms with Gasteiger partial charge in [-0.15, -0.1) is 0 Å². The summed E-state index contributed by atoms with van der Waals surface area (Å²) in [5.74, 6) is 0. The molecule has 1 heterocycles. The van der Waals surface area contributed by atoms with Crippen LogP contribution >= 0.6 is 0 Å². The molecule has 0 radical (unpaired) electrons. The van der Waals surface area contributed by atoms with Crippen LogP contribution in [-0.4, -0.2) is 18.6 Å². The summed E-state index contributed by atoms with van der Waals surface area (Å²) in [5, 5.41) is 5.61. The number of aromatic nitrogens is 1. The van der Waals surface area contributed by atoms with E-state index in [0.29, 0.717) is 0 Å². The molecule has 2 aromatic rings. The molecule has 0 amide bonds. The van der Waals surface area contributed by atoms with Gasteiger partial charge in [0.05, 0.1) is 0 Å². The van der Waals surface area contributed by atoms with Gasteiger partial charge in [0.25, 0.3) is 0 Å². The molecule has 0 spiro atoms. The zero-order valence-corrected chi connectivity index (χ0v) is 8.33. The highest BCUT2D eigenvalue weighted by Gasteiger charge is 1.96. The molecule has 2 rings (SSSR count). The molecule has 0 bridgehead atoms. The van der Waals surface area contributed by atoms with E-state index in [9.17, 15) is 0 Å². The summed E-state index contributed by atoms with van der Waals surface area (Å²) >= 11 is 0. The van der Waals surface area contributed by atoms with E-state index in [1.807, 2.05) is 19.3 Å². The van der Waals surface area contributed by atoms with Gasteiger partial charge in [0.15, 0.2) is 0 Å². The van der Waals surface area contributed by atoms with Crippen molar-refractivity contribution < 1.29 is 0 Å². The predicted octanol–water partition coefficient (Wildman–Crippen LogP) is 2.00. The number of pyridine rings is 1. The van der Waals surface area contributed by atoms with Crippen LogP contribution < -0.4 is 5.32 Å². The van der Waals surface area contributed by atoms with E-state index in [1.165, 1.54) is 10.8 Å². The average molecular weight is 186 g/mol. The van der Waals surface area contributed by atoms with Crippen molar-refractivity contribution in [3.63, 3.8) is 0 Å². The second kappa shape index (κ2) is 4.20. The number of hydrogen-bond acceptors (Lipinski definition) is 2. The fourth-order valence-corrected chi connectivity index (χ4v) is 1.52. The van der Waals surface area contributed by atoms with Crippen LogP contribution in [0.5, 0.6) is 0 Å². The quantitative estimate of drug-likeness (QED) is 0.793. The van der Waals surface area contributed by atoms with Gasteiger partial charge in [0.1, 0.15) is 0 Å². The predicted molar refractivity (Wildman–Crippen MR) is 59.4 cm³/mol. The fraction of sp³-hybridized carbons (Fsp3) is 0.250. The third-order valence-electron chi connectivity index (χ3n) is 2.32. The number of nitrogens with one attached hydrogen (secondary N) is 1. The smallest absolute Gasteiger partial charge is 0.0422 e. The van der Waals surface area contributed by atoms with Gasteiger partial charge in [0, 0.05) is 30.2 Å².